The van der Waals surface area contributed by atoms with Crippen molar-refractivity contribution >= 4 is 9.84 Å². The molecule has 5 heteroatoms. The third-order valence-corrected chi connectivity index (χ3v) is 4.47. The van der Waals surface area contributed by atoms with E-state index in [2.05, 4.69) is 5.32 Å². The van der Waals surface area contributed by atoms with E-state index >= 15 is 0 Å². The highest BCUT2D eigenvalue weighted by Crippen LogP contribution is 2.07. The minimum Gasteiger partial charge on any atom is -0.378 e. The van der Waals surface area contributed by atoms with Crippen molar-refractivity contribution in [2.75, 3.05) is 31.2 Å². The molecule has 15 heavy (non-hydrogen) atoms. The fraction of sp³-hybridized carbons (Fsp3) is 1.00. The van der Waals surface area contributed by atoms with Crippen LogP contribution in [0.4, 0.5) is 0 Å². The van der Waals surface area contributed by atoms with Crippen LogP contribution in [0, 0.1) is 0 Å². The Morgan fingerprint density at radius 2 is 2.00 bits per heavy atom. The van der Waals surface area contributed by atoms with Crippen molar-refractivity contribution in [3.8, 4) is 0 Å². The van der Waals surface area contributed by atoms with Gasteiger partial charge in [-0.1, -0.05) is 6.92 Å². The van der Waals surface area contributed by atoms with Crippen LogP contribution in [0.15, 0.2) is 0 Å². The van der Waals surface area contributed by atoms with Gasteiger partial charge in [0.2, 0.25) is 0 Å². The van der Waals surface area contributed by atoms with Crippen molar-refractivity contribution in [3.05, 3.63) is 0 Å². The summed E-state index contributed by atoms with van der Waals surface area (Å²) in [5, 5.41) is 3.26. The molecule has 0 aromatic carbocycles. The smallest absolute Gasteiger partial charge is 0.150 e. The predicted octanol–water partition coefficient (Wildman–Crippen LogP) is 0.580. The number of piperidine rings is 1. The topological polar surface area (TPSA) is 55.4 Å². The van der Waals surface area contributed by atoms with Crippen molar-refractivity contribution in [1.29, 1.82) is 0 Å². The standard InChI is InChI=1S/C10H21NO3S/c1-2-15(12,13)9-3-8-14-10-4-6-11-7-5-10/h10-11H,2-9H2,1H3. The van der Waals surface area contributed by atoms with Crippen LogP contribution in [-0.4, -0.2) is 45.7 Å². The first-order valence-electron chi connectivity index (χ1n) is 5.67. The summed E-state index contributed by atoms with van der Waals surface area (Å²) in [5.41, 5.74) is 0. The number of hydrogen-bond donors (Lipinski definition) is 1. The number of ether oxygens (including phenoxy) is 1. The molecule has 4 nitrogen and oxygen atoms in total. The van der Waals surface area contributed by atoms with E-state index in [1.807, 2.05) is 0 Å². The van der Waals surface area contributed by atoms with Crippen LogP contribution in [0.5, 0.6) is 0 Å². The first-order chi connectivity index (χ1) is 7.14. The molecular formula is C10H21NO3S. The Kier molecular flexibility index (Phi) is 5.56. The Hall–Kier alpha value is -0.130. The second-order valence-corrected chi connectivity index (χ2v) is 6.38. The normalized spacial score (nSPS) is 19.3. The average molecular weight is 235 g/mol. The minimum absolute atomic E-state index is 0.236. The minimum atomic E-state index is -2.81. The van der Waals surface area contributed by atoms with Crippen LogP contribution in [0.3, 0.4) is 0 Å². The van der Waals surface area contributed by atoms with Crippen molar-refractivity contribution in [2.24, 2.45) is 0 Å². The molecule has 1 aliphatic rings. The van der Waals surface area contributed by atoms with Gasteiger partial charge in [0.25, 0.3) is 0 Å². The van der Waals surface area contributed by atoms with E-state index in [-0.39, 0.29) is 11.5 Å². The lowest BCUT2D eigenvalue weighted by Gasteiger charge is -2.22. The van der Waals surface area contributed by atoms with E-state index in [9.17, 15) is 8.42 Å². The van der Waals surface area contributed by atoms with Crippen LogP contribution < -0.4 is 5.32 Å². The van der Waals surface area contributed by atoms with Crippen molar-refractivity contribution < 1.29 is 13.2 Å². The van der Waals surface area contributed by atoms with Gasteiger partial charge in [0, 0.05) is 12.4 Å². The lowest BCUT2D eigenvalue weighted by atomic mass is 10.1. The summed E-state index contributed by atoms with van der Waals surface area (Å²) in [7, 11) is -2.81. The molecule has 1 saturated heterocycles. The maximum Gasteiger partial charge on any atom is 0.150 e. The number of sulfone groups is 1. The fourth-order valence-corrected chi connectivity index (χ4v) is 2.48. The van der Waals surface area contributed by atoms with E-state index < -0.39 is 9.84 Å². The molecule has 0 atom stereocenters. The van der Waals surface area contributed by atoms with Gasteiger partial charge in [-0.3, -0.25) is 0 Å². The van der Waals surface area contributed by atoms with Gasteiger partial charge in [-0.05, 0) is 32.4 Å². The van der Waals surface area contributed by atoms with E-state index in [0.717, 1.165) is 25.9 Å². The van der Waals surface area contributed by atoms with Gasteiger partial charge in [-0.15, -0.1) is 0 Å². The predicted molar refractivity (Wildman–Crippen MR) is 60.8 cm³/mol. The van der Waals surface area contributed by atoms with Crippen LogP contribution >= 0.6 is 0 Å². The maximum atomic E-state index is 11.2. The molecular weight excluding hydrogens is 214 g/mol. The lowest BCUT2D eigenvalue weighted by molar-refractivity contribution is 0.0337. The largest absolute Gasteiger partial charge is 0.378 e. The molecule has 90 valence electrons. The molecule has 0 unspecified atom stereocenters. The number of nitrogens with one attached hydrogen (secondary N) is 1. The van der Waals surface area contributed by atoms with Crippen molar-refractivity contribution in [1.82, 2.24) is 5.32 Å². The van der Waals surface area contributed by atoms with Crippen LogP contribution in [-0.2, 0) is 14.6 Å². The van der Waals surface area contributed by atoms with E-state index in [1.54, 1.807) is 6.92 Å². The lowest BCUT2D eigenvalue weighted by Crippen LogP contribution is -2.32. The summed E-state index contributed by atoms with van der Waals surface area (Å²) in [6.07, 6.45) is 3.04. The first kappa shape index (κ1) is 12.9. The summed E-state index contributed by atoms with van der Waals surface area (Å²) < 4.78 is 28.0. The molecule has 0 aromatic rings. The summed E-state index contributed by atoms with van der Waals surface area (Å²) >= 11 is 0. The average Bonchev–Trinajstić information content (AvgIpc) is 2.26. The molecule has 1 aliphatic heterocycles. The highest BCUT2D eigenvalue weighted by Gasteiger charge is 2.13. The second-order valence-electron chi connectivity index (χ2n) is 3.91. The number of hydrogen-bond acceptors (Lipinski definition) is 4. The zero-order valence-corrected chi connectivity index (χ0v) is 10.2. The van der Waals surface area contributed by atoms with Gasteiger partial charge in [0.05, 0.1) is 11.9 Å². The maximum absolute atomic E-state index is 11.2. The Morgan fingerprint density at radius 1 is 1.33 bits per heavy atom. The van der Waals surface area contributed by atoms with Gasteiger partial charge >= 0.3 is 0 Å². The number of rotatable bonds is 6. The highest BCUT2D eigenvalue weighted by atomic mass is 32.2. The highest BCUT2D eigenvalue weighted by molar-refractivity contribution is 7.91. The van der Waals surface area contributed by atoms with Gasteiger partial charge in [-0.25, -0.2) is 8.42 Å². The van der Waals surface area contributed by atoms with Gasteiger partial charge in [0.1, 0.15) is 9.84 Å². The molecule has 0 aliphatic carbocycles. The van der Waals surface area contributed by atoms with E-state index in [0.29, 0.717) is 19.1 Å². The molecule has 0 aromatic heterocycles. The molecule has 0 bridgehead atoms. The monoisotopic (exact) mass is 235 g/mol. The first-order valence-corrected chi connectivity index (χ1v) is 7.49. The molecule has 1 heterocycles. The van der Waals surface area contributed by atoms with E-state index in [4.69, 9.17) is 4.74 Å². The molecule has 1 N–H and O–H groups in total. The van der Waals surface area contributed by atoms with E-state index in [1.165, 1.54) is 0 Å². The SMILES string of the molecule is CCS(=O)(=O)CCCOC1CCNCC1. The Bertz CT molecular complexity index is 258. The molecule has 0 amide bonds. The summed E-state index contributed by atoms with van der Waals surface area (Å²) in [6.45, 7) is 4.28. The van der Waals surface area contributed by atoms with Gasteiger partial charge in [-0.2, -0.15) is 0 Å². The quantitative estimate of drug-likeness (QED) is 0.684. The zero-order chi connectivity index (χ0) is 11.1. The Labute approximate surface area is 92.3 Å². The second kappa shape index (κ2) is 6.45. The Balaban J connectivity index is 2.06. The Morgan fingerprint density at radius 3 is 2.60 bits per heavy atom. The molecule has 0 radical (unpaired) electrons. The summed E-state index contributed by atoms with van der Waals surface area (Å²) in [5.74, 6) is 0.495. The fourth-order valence-electron chi connectivity index (χ4n) is 1.64. The molecule has 0 saturated carbocycles. The van der Waals surface area contributed by atoms with Gasteiger partial charge in [0.15, 0.2) is 0 Å². The van der Waals surface area contributed by atoms with Crippen LogP contribution in [0.2, 0.25) is 0 Å². The summed E-state index contributed by atoms with van der Waals surface area (Å²) in [6, 6.07) is 0. The summed E-state index contributed by atoms with van der Waals surface area (Å²) in [4.78, 5) is 0. The third-order valence-electron chi connectivity index (χ3n) is 2.68. The third kappa shape index (κ3) is 5.49. The van der Waals surface area contributed by atoms with Crippen molar-refractivity contribution in [3.63, 3.8) is 0 Å². The molecule has 1 fully saturated rings. The van der Waals surface area contributed by atoms with Crippen molar-refractivity contribution in [2.45, 2.75) is 32.3 Å². The van der Waals surface area contributed by atoms with Gasteiger partial charge < -0.3 is 10.1 Å². The van der Waals surface area contributed by atoms with Crippen LogP contribution in [0.1, 0.15) is 26.2 Å². The molecule has 1 rings (SSSR count). The zero-order valence-electron chi connectivity index (χ0n) is 9.37. The molecule has 0 spiro atoms. The van der Waals surface area contributed by atoms with Crippen LogP contribution in [0.25, 0.3) is 0 Å².